The smallest absolute Gasteiger partial charge is 0.307 e. The lowest BCUT2D eigenvalue weighted by Crippen LogP contribution is -2.35. The van der Waals surface area contributed by atoms with E-state index in [2.05, 4.69) is 5.32 Å². The van der Waals surface area contributed by atoms with Crippen LogP contribution in [0.25, 0.3) is 0 Å². The lowest BCUT2D eigenvalue weighted by molar-refractivity contribution is -0.146. The molecule has 1 fully saturated rings. The molecule has 2 atom stereocenters. The van der Waals surface area contributed by atoms with Gasteiger partial charge in [-0.05, 0) is 12.8 Å². The van der Waals surface area contributed by atoms with Crippen molar-refractivity contribution in [2.24, 2.45) is 11.8 Å². The molecule has 0 saturated heterocycles. The van der Waals surface area contributed by atoms with E-state index in [4.69, 9.17) is 10.4 Å². The Hall–Kier alpha value is -1.57. The minimum atomic E-state index is -0.895. The molecular formula is C10H14N2O3. The Morgan fingerprint density at radius 1 is 1.40 bits per heavy atom. The Labute approximate surface area is 88.1 Å². The van der Waals surface area contributed by atoms with E-state index in [1.54, 1.807) is 0 Å². The van der Waals surface area contributed by atoms with Crippen molar-refractivity contribution in [3.05, 3.63) is 0 Å². The van der Waals surface area contributed by atoms with Gasteiger partial charge in [0.2, 0.25) is 5.91 Å². The third kappa shape index (κ3) is 2.94. The molecule has 0 aromatic carbocycles. The highest BCUT2D eigenvalue weighted by atomic mass is 16.4. The van der Waals surface area contributed by atoms with Crippen molar-refractivity contribution in [2.45, 2.75) is 25.7 Å². The normalized spacial score (nSPS) is 24.5. The fraction of sp³-hybridized carbons (Fsp3) is 0.700. The van der Waals surface area contributed by atoms with E-state index in [9.17, 15) is 9.59 Å². The first-order valence-electron chi connectivity index (χ1n) is 5.04. The fourth-order valence-corrected chi connectivity index (χ4v) is 1.94. The van der Waals surface area contributed by atoms with Crippen LogP contribution in [0.2, 0.25) is 0 Å². The lowest BCUT2D eigenvalue weighted by atomic mass is 9.95. The molecule has 5 heteroatoms. The van der Waals surface area contributed by atoms with Crippen LogP contribution in [0.3, 0.4) is 0 Å². The number of nitrogens with one attached hydrogen (secondary N) is 1. The minimum absolute atomic E-state index is 0.227. The molecule has 2 unspecified atom stereocenters. The maximum atomic E-state index is 11.6. The van der Waals surface area contributed by atoms with Gasteiger partial charge in [-0.1, -0.05) is 6.42 Å². The zero-order valence-corrected chi connectivity index (χ0v) is 8.40. The molecule has 1 saturated carbocycles. The number of hydrogen-bond donors (Lipinski definition) is 2. The zero-order chi connectivity index (χ0) is 11.3. The molecule has 1 aliphatic carbocycles. The first-order valence-corrected chi connectivity index (χ1v) is 5.04. The summed E-state index contributed by atoms with van der Waals surface area (Å²) < 4.78 is 0. The molecule has 0 heterocycles. The SMILES string of the molecule is N#CCCNC(=O)C1CCCC1C(=O)O. The van der Waals surface area contributed by atoms with Crippen LogP contribution in [0, 0.1) is 23.2 Å². The van der Waals surface area contributed by atoms with Crippen LogP contribution in [0.4, 0.5) is 0 Å². The summed E-state index contributed by atoms with van der Waals surface area (Å²) in [5.74, 6) is -2.09. The quantitative estimate of drug-likeness (QED) is 0.662. The summed E-state index contributed by atoms with van der Waals surface area (Å²) in [6.45, 7) is 0.304. The first kappa shape index (κ1) is 11.5. The van der Waals surface area contributed by atoms with Crippen LogP contribution in [-0.4, -0.2) is 23.5 Å². The number of carboxylic acids is 1. The number of nitrogens with zero attached hydrogens (tertiary/aromatic N) is 1. The van der Waals surface area contributed by atoms with Gasteiger partial charge in [0.1, 0.15) is 0 Å². The number of carboxylic acid groups (broad SMARTS) is 1. The third-order valence-corrected chi connectivity index (χ3v) is 2.71. The second kappa shape index (κ2) is 5.35. The van der Waals surface area contributed by atoms with Gasteiger partial charge in [-0.25, -0.2) is 0 Å². The van der Waals surface area contributed by atoms with Crippen molar-refractivity contribution in [3.63, 3.8) is 0 Å². The summed E-state index contributed by atoms with van der Waals surface area (Å²) in [4.78, 5) is 22.4. The molecule has 0 aromatic rings. The Morgan fingerprint density at radius 3 is 2.67 bits per heavy atom. The molecule has 0 spiro atoms. The molecule has 1 rings (SSSR count). The molecule has 1 amide bonds. The largest absolute Gasteiger partial charge is 0.481 e. The zero-order valence-electron chi connectivity index (χ0n) is 8.40. The van der Waals surface area contributed by atoms with E-state index in [-0.39, 0.29) is 12.3 Å². The highest BCUT2D eigenvalue weighted by Gasteiger charge is 2.37. The van der Waals surface area contributed by atoms with Gasteiger partial charge in [0, 0.05) is 6.54 Å². The van der Waals surface area contributed by atoms with Crippen LogP contribution in [0.15, 0.2) is 0 Å². The van der Waals surface area contributed by atoms with E-state index in [1.807, 2.05) is 6.07 Å². The number of carbonyl (C=O) groups excluding carboxylic acids is 1. The Morgan fingerprint density at radius 2 is 2.07 bits per heavy atom. The molecule has 0 aliphatic heterocycles. The van der Waals surface area contributed by atoms with Crippen LogP contribution < -0.4 is 5.32 Å². The molecule has 0 radical (unpaired) electrons. The van der Waals surface area contributed by atoms with E-state index in [0.717, 1.165) is 6.42 Å². The van der Waals surface area contributed by atoms with Gasteiger partial charge < -0.3 is 10.4 Å². The van der Waals surface area contributed by atoms with Gasteiger partial charge in [-0.2, -0.15) is 5.26 Å². The van der Waals surface area contributed by atoms with E-state index < -0.39 is 17.8 Å². The average molecular weight is 210 g/mol. The summed E-state index contributed by atoms with van der Waals surface area (Å²) in [5.41, 5.74) is 0. The number of nitriles is 1. The standard InChI is InChI=1S/C10H14N2O3/c11-5-2-6-12-9(13)7-3-1-4-8(7)10(14)15/h7-8H,1-4,6H2,(H,12,13)(H,14,15). The van der Waals surface area contributed by atoms with Crippen molar-refractivity contribution in [3.8, 4) is 6.07 Å². The van der Waals surface area contributed by atoms with Gasteiger partial charge in [-0.3, -0.25) is 9.59 Å². The van der Waals surface area contributed by atoms with Crippen molar-refractivity contribution in [1.29, 1.82) is 5.26 Å². The van der Waals surface area contributed by atoms with Gasteiger partial charge in [0.05, 0.1) is 24.3 Å². The summed E-state index contributed by atoms with van der Waals surface area (Å²) in [7, 11) is 0. The van der Waals surface area contributed by atoms with Gasteiger partial charge >= 0.3 is 5.97 Å². The molecule has 1 aliphatic rings. The molecule has 2 N–H and O–H groups in total. The summed E-state index contributed by atoms with van der Waals surface area (Å²) >= 11 is 0. The topological polar surface area (TPSA) is 90.2 Å². The van der Waals surface area contributed by atoms with Crippen LogP contribution in [0.1, 0.15) is 25.7 Å². The molecule has 82 valence electrons. The molecular weight excluding hydrogens is 196 g/mol. The molecule has 0 bridgehead atoms. The predicted octanol–water partition coefficient (Wildman–Crippen LogP) is 0.517. The second-order valence-electron chi connectivity index (χ2n) is 3.68. The van der Waals surface area contributed by atoms with E-state index >= 15 is 0 Å². The number of aliphatic carboxylic acids is 1. The Kier molecular flexibility index (Phi) is 4.10. The van der Waals surface area contributed by atoms with Crippen LogP contribution in [-0.2, 0) is 9.59 Å². The maximum absolute atomic E-state index is 11.6. The van der Waals surface area contributed by atoms with E-state index in [0.29, 0.717) is 19.4 Å². The Bertz CT molecular complexity index is 296. The number of rotatable bonds is 4. The van der Waals surface area contributed by atoms with Gasteiger partial charge in [0.25, 0.3) is 0 Å². The summed E-state index contributed by atoms with van der Waals surface area (Å²) in [5, 5.41) is 19.7. The number of amides is 1. The Balaban J connectivity index is 2.45. The van der Waals surface area contributed by atoms with Crippen molar-refractivity contribution >= 4 is 11.9 Å². The van der Waals surface area contributed by atoms with Crippen LogP contribution in [0.5, 0.6) is 0 Å². The molecule has 5 nitrogen and oxygen atoms in total. The summed E-state index contributed by atoms with van der Waals surface area (Å²) in [6, 6.07) is 1.92. The van der Waals surface area contributed by atoms with E-state index in [1.165, 1.54) is 0 Å². The van der Waals surface area contributed by atoms with Crippen molar-refractivity contribution in [1.82, 2.24) is 5.32 Å². The minimum Gasteiger partial charge on any atom is -0.481 e. The molecule has 0 aromatic heterocycles. The van der Waals surface area contributed by atoms with Gasteiger partial charge in [-0.15, -0.1) is 0 Å². The second-order valence-corrected chi connectivity index (χ2v) is 3.68. The van der Waals surface area contributed by atoms with Crippen LogP contribution >= 0.6 is 0 Å². The maximum Gasteiger partial charge on any atom is 0.307 e. The number of hydrogen-bond acceptors (Lipinski definition) is 3. The first-order chi connectivity index (χ1) is 7.16. The van der Waals surface area contributed by atoms with Gasteiger partial charge in [0.15, 0.2) is 0 Å². The number of carbonyl (C=O) groups is 2. The van der Waals surface area contributed by atoms with Crippen molar-refractivity contribution < 1.29 is 14.7 Å². The third-order valence-electron chi connectivity index (χ3n) is 2.71. The predicted molar refractivity (Wildman–Crippen MR) is 51.7 cm³/mol. The summed E-state index contributed by atoms with van der Waals surface area (Å²) in [6.07, 6.45) is 2.25. The van der Waals surface area contributed by atoms with Crippen molar-refractivity contribution in [2.75, 3.05) is 6.54 Å². The fourth-order valence-electron chi connectivity index (χ4n) is 1.94. The highest BCUT2D eigenvalue weighted by Crippen LogP contribution is 2.31. The lowest BCUT2D eigenvalue weighted by Gasteiger charge is -2.14. The monoisotopic (exact) mass is 210 g/mol. The highest BCUT2D eigenvalue weighted by molar-refractivity contribution is 5.85. The molecule has 15 heavy (non-hydrogen) atoms. The average Bonchev–Trinajstić information content (AvgIpc) is 2.66.